The number of pyridine rings is 1. The predicted octanol–water partition coefficient (Wildman–Crippen LogP) is 5.69. The molecule has 4 rings (SSSR count). The lowest BCUT2D eigenvalue weighted by molar-refractivity contribution is -0.184. The van der Waals surface area contributed by atoms with Gasteiger partial charge < -0.3 is 5.32 Å². The minimum Gasteiger partial charge on any atom is -0.348 e. The predicted molar refractivity (Wildman–Crippen MR) is 139 cm³/mol. The second kappa shape index (κ2) is 11.3. The van der Waals surface area contributed by atoms with Crippen LogP contribution in [0.15, 0.2) is 41.4 Å². The number of halogens is 3. The second-order valence-corrected chi connectivity index (χ2v) is 13.2. The number of alkyl halides is 3. The van der Waals surface area contributed by atoms with Gasteiger partial charge in [-0.25, -0.2) is 8.42 Å². The van der Waals surface area contributed by atoms with Gasteiger partial charge in [-0.15, -0.1) is 0 Å². The van der Waals surface area contributed by atoms with Crippen LogP contribution in [0.2, 0.25) is 0 Å². The molecule has 1 N–H and O–H groups in total. The molecule has 0 saturated heterocycles. The lowest BCUT2D eigenvalue weighted by Crippen LogP contribution is -2.35. The number of carbonyl (C=O) groups is 1. The summed E-state index contributed by atoms with van der Waals surface area (Å²) in [6, 6.07) is 8.42. The maximum atomic E-state index is 13.1. The normalized spacial score (nSPS) is 22.4. The SMILES string of the molecule is CCS(=O)(=O)c1ccc(CNC(=O)c2cnc3c(c2)CN(C[C@H]2CC[C@H](C(F)(F)F)CC2)[C@@H]3C(C)C)cc1. The number of carbonyl (C=O) groups excluding carboxylic acids is 1. The third-order valence-electron chi connectivity index (χ3n) is 7.86. The van der Waals surface area contributed by atoms with Crippen LogP contribution >= 0.6 is 0 Å². The van der Waals surface area contributed by atoms with Crippen LogP contribution in [0.1, 0.15) is 79.7 Å². The zero-order valence-electron chi connectivity index (χ0n) is 22.1. The number of benzene rings is 1. The molecule has 1 aromatic carbocycles. The van der Waals surface area contributed by atoms with E-state index in [4.69, 9.17) is 0 Å². The van der Waals surface area contributed by atoms with Crippen LogP contribution in [-0.2, 0) is 22.9 Å². The Hall–Kier alpha value is -2.46. The molecule has 2 aliphatic rings. The van der Waals surface area contributed by atoms with Gasteiger partial charge in [-0.1, -0.05) is 32.9 Å². The zero-order chi connectivity index (χ0) is 27.7. The smallest absolute Gasteiger partial charge is 0.348 e. The molecular formula is C28H36F3N3O3S. The fourth-order valence-corrected chi connectivity index (χ4v) is 6.60. The molecule has 1 amide bonds. The maximum Gasteiger partial charge on any atom is 0.391 e. The van der Waals surface area contributed by atoms with Gasteiger partial charge in [-0.05, 0) is 66.8 Å². The van der Waals surface area contributed by atoms with Gasteiger partial charge in [0.2, 0.25) is 0 Å². The van der Waals surface area contributed by atoms with E-state index in [0.717, 1.165) is 23.4 Å². The highest BCUT2D eigenvalue weighted by atomic mass is 32.2. The molecular weight excluding hydrogens is 515 g/mol. The third-order valence-corrected chi connectivity index (χ3v) is 9.61. The van der Waals surface area contributed by atoms with E-state index >= 15 is 0 Å². The highest BCUT2D eigenvalue weighted by Gasteiger charge is 2.42. The highest BCUT2D eigenvalue weighted by Crippen LogP contribution is 2.43. The average molecular weight is 552 g/mol. The lowest BCUT2D eigenvalue weighted by Gasteiger charge is -2.35. The summed E-state index contributed by atoms with van der Waals surface area (Å²) in [7, 11) is -3.27. The molecule has 0 spiro atoms. The standard InChI is InChI=1S/C28H36F3N3O3S/c1-4-38(36,37)24-11-7-19(8-12-24)14-33-27(35)21-13-22-17-34(26(18(2)3)25(22)32-15-21)16-20-5-9-23(10-6-20)28(29,30)31/h7-8,11-13,15,18,20,23,26H,4-6,9-10,14,16-17H2,1-3H3,(H,33,35)/t20-,23-,26-/m1/s1. The Morgan fingerprint density at radius 3 is 2.37 bits per heavy atom. The van der Waals surface area contributed by atoms with Crippen molar-refractivity contribution in [1.82, 2.24) is 15.2 Å². The van der Waals surface area contributed by atoms with Crippen LogP contribution in [0.4, 0.5) is 13.2 Å². The van der Waals surface area contributed by atoms with Crippen molar-refractivity contribution in [2.24, 2.45) is 17.8 Å². The zero-order valence-corrected chi connectivity index (χ0v) is 22.9. The van der Waals surface area contributed by atoms with Crippen molar-refractivity contribution in [3.05, 3.63) is 58.9 Å². The molecule has 6 nitrogen and oxygen atoms in total. The van der Waals surface area contributed by atoms with Crippen molar-refractivity contribution in [2.75, 3.05) is 12.3 Å². The summed E-state index contributed by atoms with van der Waals surface area (Å²) < 4.78 is 63.2. The summed E-state index contributed by atoms with van der Waals surface area (Å²) in [6.07, 6.45) is -0.974. The van der Waals surface area contributed by atoms with Crippen LogP contribution in [-0.4, -0.2) is 42.7 Å². The molecule has 0 radical (unpaired) electrons. The topological polar surface area (TPSA) is 79.4 Å². The van der Waals surface area contributed by atoms with Crippen LogP contribution in [0.5, 0.6) is 0 Å². The van der Waals surface area contributed by atoms with E-state index in [2.05, 4.69) is 29.0 Å². The van der Waals surface area contributed by atoms with Crippen molar-refractivity contribution in [3.8, 4) is 0 Å². The minimum atomic E-state index is -4.10. The molecule has 38 heavy (non-hydrogen) atoms. The Balaban J connectivity index is 1.38. The Bertz CT molecular complexity index is 1240. The molecule has 2 aromatic rings. The summed E-state index contributed by atoms with van der Waals surface area (Å²) in [5.74, 6) is -0.918. The fraction of sp³-hybridized carbons (Fsp3) is 0.571. The molecule has 0 unspecified atom stereocenters. The number of nitrogens with zero attached hydrogens (tertiary/aromatic N) is 2. The summed E-state index contributed by atoms with van der Waals surface area (Å²) >= 11 is 0. The van der Waals surface area contributed by atoms with Gasteiger partial charge in [-0.3, -0.25) is 14.7 Å². The molecule has 0 bridgehead atoms. The van der Waals surface area contributed by atoms with Gasteiger partial charge in [0.15, 0.2) is 9.84 Å². The van der Waals surface area contributed by atoms with Crippen LogP contribution in [0, 0.1) is 17.8 Å². The largest absolute Gasteiger partial charge is 0.391 e. The first-order valence-electron chi connectivity index (χ1n) is 13.3. The van der Waals surface area contributed by atoms with Crippen molar-refractivity contribution in [3.63, 3.8) is 0 Å². The number of hydrogen-bond donors (Lipinski definition) is 1. The molecule has 1 aliphatic heterocycles. The third kappa shape index (κ3) is 6.39. The summed E-state index contributed by atoms with van der Waals surface area (Å²) in [6.45, 7) is 7.44. The van der Waals surface area contributed by atoms with Crippen LogP contribution in [0.25, 0.3) is 0 Å². The number of aromatic nitrogens is 1. The monoisotopic (exact) mass is 551 g/mol. The van der Waals surface area contributed by atoms with E-state index in [0.29, 0.717) is 24.9 Å². The average Bonchev–Trinajstić information content (AvgIpc) is 3.24. The quantitative estimate of drug-likeness (QED) is 0.456. The Labute approximate surface area is 222 Å². The first kappa shape index (κ1) is 28.5. The lowest BCUT2D eigenvalue weighted by atomic mass is 9.81. The molecule has 10 heteroatoms. The number of hydrogen-bond acceptors (Lipinski definition) is 5. The molecule has 1 aromatic heterocycles. The van der Waals surface area contributed by atoms with E-state index in [1.807, 2.05) is 6.07 Å². The number of sulfone groups is 1. The first-order valence-corrected chi connectivity index (χ1v) is 14.9. The van der Waals surface area contributed by atoms with Gasteiger partial charge in [0.05, 0.1) is 33.9 Å². The van der Waals surface area contributed by atoms with E-state index in [1.165, 1.54) is 0 Å². The van der Waals surface area contributed by atoms with E-state index in [-0.39, 0.29) is 53.8 Å². The van der Waals surface area contributed by atoms with E-state index in [9.17, 15) is 26.4 Å². The van der Waals surface area contributed by atoms with Gasteiger partial charge >= 0.3 is 6.18 Å². The first-order chi connectivity index (χ1) is 17.9. The Morgan fingerprint density at radius 2 is 1.79 bits per heavy atom. The minimum absolute atomic E-state index is 0.0304. The number of nitrogens with one attached hydrogen (secondary N) is 1. The van der Waals surface area contributed by atoms with Crippen LogP contribution < -0.4 is 5.32 Å². The highest BCUT2D eigenvalue weighted by molar-refractivity contribution is 7.91. The fourth-order valence-electron chi connectivity index (χ4n) is 5.71. The number of amides is 1. The molecule has 208 valence electrons. The van der Waals surface area contributed by atoms with Gasteiger partial charge in [-0.2, -0.15) is 13.2 Å². The Morgan fingerprint density at radius 1 is 1.13 bits per heavy atom. The van der Waals surface area contributed by atoms with Crippen molar-refractivity contribution < 1.29 is 26.4 Å². The molecule has 1 fully saturated rings. The van der Waals surface area contributed by atoms with Crippen molar-refractivity contribution in [1.29, 1.82) is 0 Å². The molecule has 2 heterocycles. The summed E-state index contributed by atoms with van der Waals surface area (Å²) in [5.41, 5.74) is 3.15. The van der Waals surface area contributed by atoms with E-state index in [1.54, 1.807) is 37.4 Å². The maximum absolute atomic E-state index is 13.1. The number of fused-ring (bicyclic) bond motifs is 1. The summed E-state index contributed by atoms with van der Waals surface area (Å²) in [4.78, 5) is 20.1. The van der Waals surface area contributed by atoms with Gasteiger partial charge in [0, 0.05) is 25.8 Å². The molecule has 1 saturated carbocycles. The van der Waals surface area contributed by atoms with Crippen molar-refractivity contribution in [2.45, 2.75) is 76.7 Å². The van der Waals surface area contributed by atoms with Crippen molar-refractivity contribution >= 4 is 15.7 Å². The summed E-state index contributed by atoms with van der Waals surface area (Å²) in [5, 5.41) is 2.87. The van der Waals surface area contributed by atoms with Gasteiger partial charge in [0.25, 0.3) is 5.91 Å². The molecule has 1 atom stereocenters. The van der Waals surface area contributed by atoms with Crippen LogP contribution in [0.3, 0.4) is 0 Å². The van der Waals surface area contributed by atoms with E-state index < -0.39 is 21.9 Å². The second-order valence-electron chi connectivity index (χ2n) is 10.9. The number of rotatable bonds is 8. The Kier molecular flexibility index (Phi) is 8.52. The van der Waals surface area contributed by atoms with Gasteiger partial charge in [0.1, 0.15) is 0 Å². The molecule has 1 aliphatic carbocycles.